The standard InChI is InChI=1S/C7H7ClFN3O/c8-3-1-2-4(9)5(6(3)10)7(11)12-13/h1-2,13H,10H2,(H2,11,12). The van der Waals surface area contributed by atoms with Crippen molar-refractivity contribution < 1.29 is 9.60 Å². The fraction of sp³-hybridized carbons (Fsp3) is 0. The van der Waals surface area contributed by atoms with Crippen LogP contribution in [0, 0.1) is 5.82 Å². The van der Waals surface area contributed by atoms with Crippen molar-refractivity contribution in [2.45, 2.75) is 0 Å². The van der Waals surface area contributed by atoms with Crippen LogP contribution in [-0.4, -0.2) is 11.0 Å². The molecule has 0 saturated carbocycles. The maximum Gasteiger partial charge on any atom is 0.175 e. The van der Waals surface area contributed by atoms with Gasteiger partial charge in [0.05, 0.1) is 16.3 Å². The van der Waals surface area contributed by atoms with Crippen LogP contribution in [0.25, 0.3) is 0 Å². The molecule has 1 aromatic rings. The van der Waals surface area contributed by atoms with Crippen LogP contribution in [0.5, 0.6) is 0 Å². The van der Waals surface area contributed by atoms with Gasteiger partial charge in [-0.25, -0.2) is 4.39 Å². The van der Waals surface area contributed by atoms with E-state index in [1.807, 2.05) is 0 Å². The number of nitrogens with zero attached hydrogens (tertiary/aromatic N) is 1. The average molecular weight is 204 g/mol. The van der Waals surface area contributed by atoms with Gasteiger partial charge < -0.3 is 16.7 Å². The number of rotatable bonds is 1. The van der Waals surface area contributed by atoms with Gasteiger partial charge in [0.2, 0.25) is 0 Å². The largest absolute Gasteiger partial charge is 0.409 e. The number of anilines is 1. The van der Waals surface area contributed by atoms with E-state index < -0.39 is 11.7 Å². The van der Waals surface area contributed by atoms with Gasteiger partial charge in [-0.3, -0.25) is 0 Å². The third kappa shape index (κ3) is 1.65. The van der Waals surface area contributed by atoms with Gasteiger partial charge in [-0.1, -0.05) is 16.8 Å². The van der Waals surface area contributed by atoms with E-state index in [0.29, 0.717) is 0 Å². The highest BCUT2D eigenvalue weighted by Crippen LogP contribution is 2.24. The molecule has 0 aromatic heterocycles. The molecule has 0 radical (unpaired) electrons. The van der Waals surface area contributed by atoms with Crippen molar-refractivity contribution in [3.63, 3.8) is 0 Å². The Hall–Kier alpha value is -1.49. The predicted octanol–water partition coefficient (Wildman–Crippen LogP) is 1.16. The molecule has 0 saturated heterocycles. The fourth-order valence-electron chi connectivity index (χ4n) is 0.878. The third-order valence-corrected chi connectivity index (χ3v) is 1.83. The van der Waals surface area contributed by atoms with Crippen LogP contribution in [0.3, 0.4) is 0 Å². The molecule has 0 bridgehead atoms. The van der Waals surface area contributed by atoms with Crippen LogP contribution in [-0.2, 0) is 0 Å². The van der Waals surface area contributed by atoms with Gasteiger partial charge in [-0.05, 0) is 12.1 Å². The molecule has 13 heavy (non-hydrogen) atoms. The summed E-state index contributed by atoms with van der Waals surface area (Å²) in [6, 6.07) is 2.38. The zero-order chi connectivity index (χ0) is 10.0. The lowest BCUT2D eigenvalue weighted by atomic mass is 10.1. The van der Waals surface area contributed by atoms with Gasteiger partial charge in [0.15, 0.2) is 5.84 Å². The topological polar surface area (TPSA) is 84.6 Å². The van der Waals surface area contributed by atoms with Crippen LogP contribution in [0.15, 0.2) is 17.3 Å². The highest BCUT2D eigenvalue weighted by Gasteiger charge is 2.13. The van der Waals surface area contributed by atoms with Crippen LogP contribution in [0.2, 0.25) is 5.02 Å². The van der Waals surface area contributed by atoms with Gasteiger partial charge in [0.1, 0.15) is 5.82 Å². The molecule has 0 spiro atoms. The molecule has 0 amide bonds. The number of oxime groups is 1. The number of hydrogen-bond acceptors (Lipinski definition) is 3. The molecule has 6 heteroatoms. The lowest BCUT2D eigenvalue weighted by Crippen LogP contribution is -2.17. The summed E-state index contributed by atoms with van der Waals surface area (Å²) < 4.78 is 13.1. The Labute approximate surface area is 78.6 Å². The van der Waals surface area contributed by atoms with Crippen molar-refractivity contribution in [2.24, 2.45) is 10.9 Å². The maximum absolute atomic E-state index is 13.1. The van der Waals surface area contributed by atoms with Crippen molar-refractivity contribution in [2.75, 3.05) is 5.73 Å². The van der Waals surface area contributed by atoms with Crippen molar-refractivity contribution in [1.29, 1.82) is 0 Å². The number of amidine groups is 1. The van der Waals surface area contributed by atoms with Crippen molar-refractivity contribution in [3.8, 4) is 0 Å². The summed E-state index contributed by atoms with van der Waals surface area (Å²) in [6.45, 7) is 0. The summed E-state index contributed by atoms with van der Waals surface area (Å²) in [6.07, 6.45) is 0. The Balaban J connectivity index is 3.42. The highest BCUT2D eigenvalue weighted by atomic mass is 35.5. The zero-order valence-electron chi connectivity index (χ0n) is 6.46. The minimum absolute atomic E-state index is 0.0445. The minimum atomic E-state index is -0.683. The molecule has 0 heterocycles. The molecule has 1 aromatic carbocycles. The first kappa shape index (κ1) is 9.60. The molecule has 4 nitrogen and oxygen atoms in total. The molecule has 0 aliphatic heterocycles. The predicted molar refractivity (Wildman–Crippen MR) is 48.3 cm³/mol. The number of nitrogen functional groups attached to an aromatic ring is 1. The van der Waals surface area contributed by atoms with Gasteiger partial charge in [-0.2, -0.15) is 0 Å². The SMILES string of the molecule is NC(=NO)c1c(F)ccc(Cl)c1N. The summed E-state index contributed by atoms with van der Waals surface area (Å²) in [5, 5.41) is 11.1. The average Bonchev–Trinajstić information content (AvgIpc) is 2.12. The Morgan fingerprint density at radius 3 is 2.69 bits per heavy atom. The lowest BCUT2D eigenvalue weighted by molar-refractivity contribution is 0.318. The van der Waals surface area contributed by atoms with Gasteiger partial charge in [0.25, 0.3) is 0 Å². The summed E-state index contributed by atoms with van der Waals surface area (Å²) in [7, 11) is 0. The molecule has 0 aliphatic rings. The zero-order valence-corrected chi connectivity index (χ0v) is 7.22. The van der Waals surface area contributed by atoms with E-state index in [1.165, 1.54) is 6.07 Å². The van der Waals surface area contributed by atoms with E-state index in [9.17, 15) is 4.39 Å². The Morgan fingerprint density at radius 2 is 2.15 bits per heavy atom. The molecule has 1 rings (SSSR count). The second-order valence-corrected chi connectivity index (χ2v) is 2.71. The molecular formula is C7H7ClFN3O. The van der Waals surface area contributed by atoms with Crippen LogP contribution < -0.4 is 11.5 Å². The van der Waals surface area contributed by atoms with Crippen LogP contribution >= 0.6 is 11.6 Å². The molecule has 5 N–H and O–H groups in total. The van der Waals surface area contributed by atoms with E-state index in [2.05, 4.69) is 5.16 Å². The number of hydrogen-bond donors (Lipinski definition) is 3. The summed E-state index contributed by atoms with van der Waals surface area (Å²) in [5.74, 6) is -1.09. The van der Waals surface area contributed by atoms with E-state index in [-0.39, 0.29) is 16.3 Å². The van der Waals surface area contributed by atoms with Gasteiger partial charge in [0, 0.05) is 0 Å². The highest BCUT2D eigenvalue weighted by molar-refractivity contribution is 6.34. The molecule has 0 unspecified atom stereocenters. The van der Waals surface area contributed by atoms with Crippen LogP contribution in [0.4, 0.5) is 10.1 Å². The molecule has 0 fully saturated rings. The second kappa shape index (κ2) is 3.49. The van der Waals surface area contributed by atoms with Crippen LogP contribution in [0.1, 0.15) is 5.56 Å². The first-order valence-electron chi connectivity index (χ1n) is 3.29. The van der Waals surface area contributed by atoms with E-state index in [4.69, 9.17) is 28.3 Å². The monoisotopic (exact) mass is 203 g/mol. The third-order valence-electron chi connectivity index (χ3n) is 1.51. The molecule has 70 valence electrons. The number of nitrogens with two attached hydrogens (primary N) is 2. The van der Waals surface area contributed by atoms with Crippen molar-refractivity contribution >= 4 is 23.1 Å². The lowest BCUT2D eigenvalue weighted by Gasteiger charge is -2.06. The Morgan fingerprint density at radius 1 is 1.54 bits per heavy atom. The first-order chi connectivity index (χ1) is 6.07. The maximum atomic E-state index is 13.1. The normalized spacial score (nSPS) is 11.7. The van der Waals surface area contributed by atoms with E-state index in [0.717, 1.165) is 6.07 Å². The molecular weight excluding hydrogens is 197 g/mol. The summed E-state index contributed by atoms with van der Waals surface area (Å²) in [5.41, 5.74) is 10.4. The van der Waals surface area contributed by atoms with E-state index in [1.54, 1.807) is 0 Å². The smallest absolute Gasteiger partial charge is 0.175 e. The Kier molecular flexibility index (Phi) is 2.57. The van der Waals surface area contributed by atoms with Gasteiger partial charge in [-0.15, -0.1) is 0 Å². The fourth-order valence-corrected chi connectivity index (χ4v) is 1.04. The minimum Gasteiger partial charge on any atom is -0.409 e. The number of benzene rings is 1. The quantitative estimate of drug-likeness (QED) is 0.211. The van der Waals surface area contributed by atoms with E-state index >= 15 is 0 Å². The Bertz CT molecular complexity index is 367. The van der Waals surface area contributed by atoms with Crippen molar-refractivity contribution in [1.82, 2.24) is 0 Å². The molecule has 0 atom stereocenters. The van der Waals surface area contributed by atoms with Gasteiger partial charge >= 0.3 is 0 Å². The second-order valence-electron chi connectivity index (χ2n) is 2.30. The molecule has 0 aliphatic carbocycles. The summed E-state index contributed by atoms with van der Waals surface area (Å²) in [4.78, 5) is 0. The van der Waals surface area contributed by atoms with Crippen molar-refractivity contribution in [3.05, 3.63) is 28.5 Å². The number of halogens is 2. The summed E-state index contributed by atoms with van der Waals surface area (Å²) >= 11 is 5.60. The first-order valence-corrected chi connectivity index (χ1v) is 3.67.